The van der Waals surface area contributed by atoms with Crippen molar-refractivity contribution in [3.8, 4) is 0 Å². The lowest BCUT2D eigenvalue weighted by atomic mass is 10.4. The number of pyridine rings is 1. The van der Waals surface area contributed by atoms with E-state index < -0.39 is 21.5 Å². The Hall–Kier alpha value is -1.62. The molecule has 68 valence electrons. The van der Waals surface area contributed by atoms with Gasteiger partial charge in [0.2, 0.25) is 0 Å². The molecule has 1 atom stereocenters. The van der Waals surface area contributed by atoms with E-state index in [1.54, 1.807) is 0 Å². The Balaban J connectivity index is 3.26. The summed E-state index contributed by atoms with van der Waals surface area (Å²) in [6.45, 7) is 0. The summed E-state index contributed by atoms with van der Waals surface area (Å²) in [5.74, 6) is -1.06. The van der Waals surface area contributed by atoms with Crippen LogP contribution in [0.15, 0.2) is 12.1 Å². The van der Waals surface area contributed by atoms with E-state index >= 15 is 0 Å². The molecule has 0 aliphatic rings. The number of aromatic nitrogens is 1. The zero-order valence-corrected chi connectivity index (χ0v) is 7.36. The smallest absolute Gasteiger partial charge is 0.358 e. The average Bonchev–Trinajstić information content (AvgIpc) is 2.03. The van der Waals surface area contributed by atoms with Crippen LogP contribution in [-0.4, -0.2) is 14.8 Å². The first-order valence-corrected chi connectivity index (χ1v) is 3.65. The summed E-state index contributed by atoms with van der Waals surface area (Å²) in [6.07, 6.45) is 0. The van der Waals surface area contributed by atoms with Crippen LogP contribution in [0, 0.1) is 20.2 Å². The van der Waals surface area contributed by atoms with Crippen molar-refractivity contribution in [2.75, 3.05) is 0 Å². The molecular weight excluding hydrogens is 197 g/mol. The largest absolute Gasteiger partial charge is 0.369 e. The summed E-state index contributed by atoms with van der Waals surface area (Å²) >= 11 is 0. The van der Waals surface area contributed by atoms with Gasteiger partial charge in [0.15, 0.2) is 0 Å². The van der Waals surface area contributed by atoms with Gasteiger partial charge in [-0.05, 0) is 15.2 Å². The molecule has 0 aliphatic heterocycles. The second kappa shape index (κ2) is 3.40. The van der Waals surface area contributed by atoms with Crippen molar-refractivity contribution >= 4 is 26.2 Å². The predicted molar refractivity (Wildman–Crippen MR) is 46.9 cm³/mol. The summed E-state index contributed by atoms with van der Waals surface area (Å²) in [4.78, 5) is 22.1. The number of hydrogen-bond acceptors (Lipinski definition) is 5. The number of nitrogens with zero attached hydrogens (tertiary/aromatic N) is 3. The van der Waals surface area contributed by atoms with E-state index in [2.05, 4.69) is 14.2 Å². The van der Waals surface area contributed by atoms with E-state index in [4.69, 9.17) is 0 Å². The van der Waals surface area contributed by atoms with E-state index in [9.17, 15) is 20.2 Å². The van der Waals surface area contributed by atoms with Crippen molar-refractivity contribution in [3.63, 3.8) is 0 Å². The fraction of sp³-hybridized carbons (Fsp3) is 0. The first-order valence-electron chi connectivity index (χ1n) is 3.07. The highest BCUT2D eigenvalue weighted by molar-refractivity contribution is 7.27. The van der Waals surface area contributed by atoms with Crippen LogP contribution in [0.1, 0.15) is 0 Å². The Morgan fingerprint density at radius 1 is 1.15 bits per heavy atom. The van der Waals surface area contributed by atoms with Crippen LogP contribution in [-0.2, 0) is 0 Å². The predicted octanol–water partition coefficient (Wildman–Crippen LogP) is 0.398. The summed E-state index contributed by atoms with van der Waals surface area (Å²) in [7, 11) is 2.14. The van der Waals surface area contributed by atoms with E-state index in [0.717, 1.165) is 12.1 Å². The van der Waals surface area contributed by atoms with Gasteiger partial charge in [-0.2, -0.15) is 0 Å². The van der Waals surface area contributed by atoms with Crippen LogP contribution in [0.3, 0.4) is 0 Å². The van der Waals surface area contributed by atoms with Gasteiger partial charge in [-0.3, -0.25) is 0 Å². The van der Waals surface area contributed by atoms with E-state index in [1.165, 1.54) is 0 Å². The highest BCUT2D eigenvalue weighted by Gasteiger charge is 2.15. The van der Waals surface area contributed by atoms with Gasteiger partial charge < -0.3 is 20.2 Å². The molecule has 0 N–H and O–H groups in total. The molecule has 0 radical (unpaired) electrons. The molecule has 0 aromatic carbocycles. The van der Waals surface area contributed by atoms with Crippen LogP contribution in [0.4, 0.5) is 11.6 Å². The van der Waals surface area contributed by atoms with E-state index in [0.29, 0.717) is 5.30 Å². The Morgan fingerprint density at radius 3 is 1.85 bits per heavy atom. The molecule has 0 saturated heterocycles. The zero-order chi connectivity index (χ0) is 10.0. The Labute approximate surface area is 74.3 Å². The van der Waals surface area contributed by atoms with Gasteiger partial charge in [0.1, 0.15) is 0 Å². The number of rotatable bonds is 2. The second-order valence-corrected chi connectivity index (χ2v) is 2.80. The molecule has 0 spiro atoms. The minimum Gasteiger partial charge on any atom is -0.358 e. The van der Waals surface area contributed by atoms with E-state index in [1.807, 2.05) is 0 Å². The monoisotopic (exact) mass is 201 g/mol. The van der Waals surface area contributed by atoms with Gasteiger partial charge in [0.05, 0.1) is 0 Å². The van der Waals surface area contributed by atoms with Gasteiger partial charge in [-0.25, -0.2) is 0 Å². The molecule has 0 saturated carbocycles. The lowest BCUT2D eigenvalue weighted by Gasteiger charge is -1.95. The summed E-state index contributed by atoms with van der Waals surface area (Å²) in [5.41, 5.74) is 0. The van der Waals surface area contributed by atoms with Crippen molar-refractivity contribution in [3.05, 3.63) is 32.4 Å². The van der Waals surface area contributed by atoms with Crippen molar-refractivity contribution in [2.45, 2.75) is 0 Å². The maximum Gasteiger partial charge on any atom is 0.369 e. The molecule has 7 nitrogen and oxygen atoms in total. The van der Waals surface area contributed by atoms with Crippen molar-refractivity contribution in [1.82, 2.24) is 4.98 Å². The average molecular weight is 201 g/mol. The van der Waals surface area contributed by atoms with Gasteiger partial charge in [0.25, 0.3) is 0 Å². The minimum absolute atomic E-state index is 0.355. The second-order valence-electron chi connectivity index (χ2n) is 2.13. The minimum atomic E-state index is -0.777. The Morgan fingerprint density at radius 2 is 1.54 bits per heavy atom. The molecule has 1 unspecified atom stereocenters. The fourth-order valence-corrected chi connectivity index (χ4v) is 1.01. The molecule has 13 heavy (non-hydrogen) atoms. The van der Waals surface area contributed by atoms with E-state index in [-0.39, 0.29) is 0 Å². The molecule has 1 heterocycles. The maximum atomic E-state index is 10.2. The van der Waals surface area contributed by atoms with Crippen LogP contribution in [0.25, 0.3) is 0 Å². The lowest BCUT2D eigenvalue weighted by molar-refractivity contribution is -0.402. The third-order valence-electron chi connectivity index (χ3n) is 1.19. The Kier molecular flexibility index (Phi) is 2.48. The molecule has 8 heteroatoms. The normalized spacial score (nSPS) is 9.62. The topological polar surface area (TPSA) is 99.2 Å². The molecule has 0 bridgehead atoms. The summed E-state index contributed by atoms with van der Waals surface area (Å²) < 4.78 is 0. The van der Waals surface area contributed by atoms with Crippen LogP contribution in [0.5, 0.6) is 0 Å². The summed E-state index contributed by atoms with van der Waals surface area (Å²) in [5, 5.41) is 20.8. The highest BCUT2D eigenvalue weighted by Crippen LogP contribution is 2.13. The van der Waals surface area contributed by atoms with Crippen LogP contribution < -0.4 is 5.30 Å². The lowest BCUT2D eigenvalue weighted by Crippen LogP contribution is -2.02. The highest BCUT2D eigenvalue weighted by atomic mass is 31.0. The maximum absolute atomic E-state index is 10.2. The van der Waals surface area contributed by atoms with Crippen LogP contribution in [0.2, 0.25) is 0 Å². The van der Waals surface area contributed by atoms with Gasteiger partial charge in [-0.15, -0.1) is 9.24 Å². The van der Waals surface area contributed by atoms with Gasteiger partial charge in [0, 0.05) is 17.1 Å². The van der Waals surface area contributed by atoms with Crippen molar-refractivity contribution in [2.24, 2.45) is 0 Å². The zero-order valence-electron chi connectivity index (χ0n) is 6.21. The molecule has 0 fully saturated rings. The third-order valence-corrected chi connectivity index (χ3v) is 1.53. The standard InChI is InChI=1S/C5H4N3O4P/c9-7(10)4-1-3(13)2-5(6-4)8(11)12/h1-2H,13H2. The van der Waals surface area contributed by atoms with Crippen molar-refractivity contribution < 1.29 is 9.85 Å². The number of nitro groups is 2. The first-order chi connectivity index (χ1) is 6.00. The third kappa shape index (κ3) is 2.16. The molecule has 1 aromatic rings. The molecule has 1 aromatic heterocycles. The molecule has 0 aliphatic carbocycles. The van der Waals surface area contributed by atoms with Crippen LogP contribution >= 0.6 is 9.24 Å². The molecular formula is C5H4N3O4P. The molecule has 0 amide bonds. The van der Waals surface area contributed by atoms with Crippen molar-refractivity contribution in [1.29, 1.82) is 0 Å². The Bertz CT molecular complexity index is 348. The SMILES string of the molecule is O=[N+]([O-])c1cc(P)cc([N+](=O)[O-])n1. The summed E-state index contributed by atoms with van der Waals surface area (Å²) in [6, 6.07) is 2.27. The van der Waals surface area contributed by atoms with Gasteiger partial charge >= 0.3 is 11.6 Å². The number of hydrogen-bond donors (Lipinski definition) is 0. The fourth-order valence-electron chi connectivity index (χ4n) is 0.709. The molecule has 1 rings (SSSR count). The first kappa shape index (κ1) is 9.47. The van der Waals surface area contributed by atoms with Gasteiger partial charge in [-0.1, -0.05) is 0 Å². The quantitative estimate of drug-likeness (QED) is 0.391.